The molecule has 7 heteroatoms. The Morgan fingerprint density at radius 3 is 1.49 bits per heavy atom. The molecule has 0 unspecified atom stereocenters. The van der Waals surface area contributed by atoms with Crippen LogP contribution in [0.5, 0.6) is 0 Å². The highest BCUT2D eigenvalue weighted by Crippen LogP contribution is 2.39. The van der Waals surface area contributed by atoms with E-state index >= 15 is 0 Å². The molecule has 0 saturated carbocycles. The smallest absolute Gasteiger partial charge is 0.240 e. The van der Waals surface area contributed by atoms with Crippen molar-refractivity contribution in [2.75, 3.05) is 0 Å². The monoisotopic (exact) mass is 818 g/mol. The number of pyridine rings is 1. The molecule has 13 aromatic rings. The Bertz CT molecular complexity index is 3900. The van der Waals surface area contributed by atoms with Gasteiger partial charge in [0.15, 0.2) is 13.9 Å². The van der Waals surface area contributed by atoms with E-state index < -0.39 is 8.07 Å². The SMILES string of the molecule is c1ccc([Si]2(c3cccc(-c4nc5nc(n4)n4c6ccccc6c6cccc(c7cnccc7c7cccc8c9ccccc9n5c78)c64)c3)c3ccccc3-c3ccccc32)cc1. The van der Waals surface area contributed by atoms with Crippen molar-refractivity contribution in [3.8, 4) is 22.5 Å². The van der Waals surface area contributed by atoms with E-state index in [1.807, 2.05) is 12.4 Å². The van der Waals surface area contributed by atoms with Gasteiger partial charge in [0.2, 0.25) is 11.6 Å². The molecule has 6 nitrogen and oxygen atoms in total. The summed E-state index contributed by atoms with van der Waals surface area (Å²) in [6.07, 6.45) is 3.91. The van der Waals surface area contributed by atoms with Crippen LogP contribution in [-0.4, -0.2) is 36.8 Å². The minimum atomic E-state index is -2.80. The highest BCUT2D eigenvalue weighted by molar-refractivity contribution is 7.22. The highest BCUT2D eigenvalue weighted by atomic mass is 28.3. The molecule has 0 fully saturated rings. The predicted octanol–water partition coefficient (Wildman–Crippen LogP) is 10.3. The van der Waals surface area contributed by atoms with Gasteiger partial charge in [0, 0.05) is 55.7 Å². The molecular formula is C56H34N6Si. The van der Waals surface area contributed by atoms with Crippen LogP contribution in [0.15, 0.2) is 207 Å². The average Bonchev–Trinajstić information content (AvgIpc) is 3.99. The fourth-order valence-electron chi connectivity index (χ4n) is 11.0. The molecule has 2 bridgehead atoms. The van der Waals surface area contributed by atoms with E-state index in [4.69, 9.17) is 19.9 Å². The van der Waals surface area contributed by atoms with Gasteiger partial charge in [-0.3, -0.25) is 13.8 Å². The molecule has 1 aliphatic rings. The van der Waals surface area contributed by atoms with E-state index in [1.165, 1.54) is 31.9 Å². The van der Waals surface area contributed by atoms with Gasteiger partial charge < -0.3 is 0 Å². The molecule has 8 aromatic carbocycles. The topological polar surface area (TPSA) is 60.4 Å². The van der Waals surface area contributed by atoms with Crippen molar-refractivity contribution in [1.29, 1.82) is 0 Å². The van der Waals surface area contributed by atoms with Gasteiger partial charge in [-0.1, -0.05) is 176 Å². The largest absolute Gasteiger partial charge is 0.277 e. The van der Waals surface area contributed by atoms with Gasteiger partial charge >= 0.3 is 0 Å². The predicted molar refractivity (Wildman–Crippen MR) is 261 cm³/mol. The first-order valence-corrected chi connectivity index (χ1v) is 23.4. The molecule has 14 rings (SSSR count). The minimum Gasteiger partial charge on any atom is -0.277 e. The minimum absolute atomic E-state index is 0.557. The Morgan fingerprint density at radius 2 is 0.857 bits per heavy atom. The van der Waals surface area contributed by atoms with Gasteiger partial charge in [0.1, 0.15) is 0 Å². The standard InChI is InChI=1S/C56H34N6Si/c1-2-16-36(17-3-1)63(50-29-10-6-21-41(50)42-22-7-11-30-51(42)63)37-18-12-15-35(33-37)54-58-55-60-56(59-54)62-49-28-9-5-20-40(49)45-25-14-26-46(53(45)62)47-34-57-32-31-38(47)43-23-13-24-44-39-19-4-8-27-48(39)61(55)52(43)44/h1-34H. The molecule has 6 heterocycles. The molecule has 292 valence electrons. The molecule has 0 amide bonds. The van der Waals surface area contributed by atoms with Crippen LogP contribution in [0.3, 0.4) is 0 Å². The van der Waals surface area contributed by atoms with E-state index in [0.29, 0.717) is 17.4 Å². The van der Waals surface area contributed by atoms with Crippen LogP contribution in [0.2, 0.25) is 0 Å². The Kier molecular flexibility index (Phi) is 7.04. The van der Waals surface area contributed by atoms with Crippen molar-refractivity contribution >= 4 is 106 Å². The fourth-order valence-corrected chi connectivity index (χ4v) is 16.2. The fraction of sp³-hybridized carbons (Fsp3) is 0. The van der Waals surface area contributed by atoms with Crippen molar-refractivity contribution in [2.45, 2.75) is 0 Å². The third kappa shape index (κ3) is 4.60. The summed E-state index contributed by atoms with van der Waals surface area (Å²) in [6, 6.07) is 70.7. The van der Waals surface area contributed by atoms with Crippen LogP contribution >= 0.6 is 0 Å². The molecular weight excluding hydrogens is 785 g/mol. The van der Waals surface area contributed by atoms with Gasteiger partial charge in [-0.2, -0.15) is 15.0 Å². The lowest BCUT2D eigenvalue weighted by molar-refractivity contribution is 1.06. The Hall–Kier alpha value is -8.26. The second kappa shape index (κ2) is 12.9. The normalized spacial score (nSPS) is 13.2. The molecule has 5 aromatic heterocycles. The summed E-state index contributed by atoms with van der Waals surface area (Å²) in [5.74, 6) is 1.73. The number of aromatic nitrogens is 6. The summed E-state index contributed by atoms with van der Waals surface area (Å²) in [5, 5.41) is 14.2. The maximum atomic E-state index is 5.55. The Labute approximate surface area is 361 Å². The van der Waals surface area contributed by atoms with Crippen LogP contribution in [0.25, 0.3) is 99.2 Å². The number of fused-ring (bicyclic) bond motifs is 16. The van der Waals surface area contributed by atoms with E-state index in [1.54, 1.807) is 0 Å². The summed E-state index contributed by atoms with van der Waals surface area (Å²) in [5.41, 5.74) is 7.68. The molecule has 0 atom stereocenters. The number of hydrogen-bond donors (Lipinski definition) is 0. The summed E-state index contributed by atoms with van der Waals surface area (Å²) >= 11 is 0. The third-order valence-electron chi connectivity index (χ3n) is 13.5. The molecule has 0 N–H and O–H groups in total. The Morgan fingerprint density at radius 1 is 0.365 bits per heavy atom. The molecule has 63 heavy (non-hydrogen) atoms. The zero-order chi connectivity index (χ0) is 41.2. The lowest BCUT2D eigenvalue weighted by Gasteiger charge is -2.31. The van der Waals surface area contributed by atoms with Crippen molar-refractivity contribution in [2.24, 2.45) is 0 Å². The van der Waals surface area contributed by atoms with Gasteiger partial charge in [-0.05, 0) is 55.5 Å². The van der Waals surface area contributed by atoms with Crippen LogP contribution in [0.4, 0.5) is 0 Å². The number of nitrogens with zero attached hydrogens (tertiary/aromatic N) is 6. The van der Waals surface area contributed by atoms with E-state index in [2.05, 4.69) is 203 Å². The quantitative estimate of drug-likeness (QED) is 0.167. The van der Waals surface area contributed by atoms with E-state index in [-0.39, 0.29) is 0 Å². The van der Waals surface area contributed by atoms with Gasteiger partial charge in [-0.15, -0.1) is 0 Å². The van der Waals surface area contributed by atoms with Crippen molar-refractivity contribution in [3.05, 3.63) is 207 Å². The summed E-state index contributed by atoms with van der Waals surface area (Å²) in [4.78, 5) is 21.4. The van der Waals surface area contributed by atoms with Crippen LogP contribution in [0, 0.1) is 0 Å². The first kappa shape index (κ1) is 34.4. The maximum Gasteiger partial charge on any atom is 0.240 e. The van der Waals surface area contributed by atoms with Gasteiger partial charge in [-0.25, -0.2) is 0 Å². The molecule has 0 spiro atoms. The number of benzene rings is 8. The zero-order valence-electron chi connectivity index (χ0n) is 33.8. The van der Waals surface area contributed by atoms with Crippen molar-refractivity contribution in [3.63, 3.8) is 0 Å². The van der Waals surface area contributed by atoms with E-state index in [9.17, 15) is 0 Å². The first-order chi connectivity index (χ1) is 31.3. The van der Waals surface area contributed by atoms with Gasteiger partial charge in [0.05, 0.1) is 22.1 Å². The zero-order valence-corrected chi connectivity index (χ0v) is 34.8. The first-order valence-electron chi connectivity index (χ1n) is 21.4. The molecule has 1 aliphatic heterocycles. The second-order valence-electron chi connectivity index (χ2n) is 16.6. The highest BCUT2D eigenvalue weighted by Gasteiger charge is 2.48. The van der Waals surface area contributed by atoms with Gasteiger partial charge in [0.25, 0.3) is 0 Å². The average molecular weight is 819 g/mol. The third-order valence-corrected chi connectivity index (χ3v) is 18.4. The van der Waals surface area contributed by atoms with Crippen molar-refractivity contribution in [1.82, 2.24) is 28.7 Å². The number of para-hydroxylation sites is 4. The summed E-state index contributed by atoms with van der Waals surface area (Å²) in [6.45, 7) is 0. The lowest BCUT2D eigenvalue weighted by atomic mass is 10.0. The van der Waals surface area contributed by atoms with Crippen LogP contribution in [-0.2, 0) is 0 Å². The molecule has 0 aliphatic carbocycles. The molecule has 0 radical (unpaired) electrons. The van der Waals surface area contributed by atoms with E-state index in [0.717, 1.165) is 70.7 Å². The van der Waals surface area contributed by atoms with Crippen LogP contribution < -0.4 is 20.7 Å². The van der Waals surface area contributed by atoms with Crippen molar-refractivity contribution < 1.29 is 0 Å². The maximum absolute atomic E-state index is 5.55. The summed E-state index contributed by atoms with van der Waals surface area (Å²) in [7, 11) is -2.80. The van der Waals surface area contributed by atoms with Crippen LogP contribution in [0.1, 0.15) is 0 Å². The number of hydrogen-bond acceptors (Lipinski definition) is 4. The molecule has 0 saturated heterocycles. The lowest BCUT2D eigenvalue weighted by Crippen LogP contribution is -2.72. The second-order valence-corrected chi connectivity index (χ2v) is 20.3. The Balaban J connectivity index is 1.19. The summed E-state index contributed by atoms with van der Waals surface area (Å²) < 4.78 is 4.50. The number of rotatable bonds is 3.